The molecule has 0 aliphatic carbocycles. The van der Waals surface area contributed by atoms with Crippen molar-refractivity contribution < 1.29 is 18.0 Å². The Morgan fingerprint density at radius 1 is 1.35 bits per heavy atom. The lowest BCUT2D eigenvalue weighted by Crippen LogP contribution is -2.43. The Morgan fingerprint density at radius 2 is 2.08 bits per heavy atom. The highest BCUT2D eigenvalue weighted by atomic mass is 32.2. The number of nitrogens with zero attached hydrogens (tertiary/aromatic N) is 1. The Hall–Kier alpha value is -1.75. The molecule has 140 valence electrons. The number of sulfonamides is 1. The first kappa shape index (κ1) is 19.0. The normalized spacial score (nSPS) is 18.2. The molecule has 1 atom stereocenters. The average Bonchev–Trinajstić information content (AvgIpc) is 3.29. The van der Waals surface area contributed by atoms with Crippen LogP contribution in [0.4, 0.5) is 5.00 Å². The summed E-state index contributed by atoms with van der Waals surface area (Å²) in [6, 6.07) is 2.40. The topological polar surface area (TPSA) is 110 Å². The van der Waals surface area contributed by atoms with Gasteiger partial charge in [-0.05, 0) is 43.7 Å². The van der Waals surface area contributed by atoms with Crippen LogP contribution in [0.2, 0.25) is 0 Å². The molecule has 10 heteroatoms. The second-order valence-corrected chi connectivity index (χ2v) is 10.3. The van der Waals surface area contributed by atoms with Gasteiger partial charge in [0.15, 0.2) is 0 Å². The molecule has 1 aliphatic heterocycles. The molecule has 7 nitrogen and oxygen atoms in total. The lowest BCUT2D eigenvalue weighted by Gasteiger charge is -2.22. The van der Waals surface area contributed by atoms with Crippen molar-refractivity contribution in [3.8, 4) is 0 Å². The molecule has 0 spiro atoms. The van der Waals surface area contributed by atoms with Crippen molar-refractivity contribution in [2.75, 3.05) is 11.9 Å². The third-order valence-electron chi connectivity index (χ3n) is 4.43. The van der Waals surface area contributed by atoms with E-state index in [2.05, 4.69) is 5.32 Å². The molecule has 0 aromatic carbocycles. The number of carbonyl (C=O) groups excluding carboxylic acids is 2. The third-order valence-corrected chi connectivity index (χ3v) is 8.84. The smallest absolute Gasteiger partial charge is 0.253 e. The fourth-order valence-corrected chi connectivity index (χ4v) is 6.87. The zero-order chi connectivity index (χ0) is 19.1. The first-order valence-electron chi connectivity index (χ1n) is 7.99. The van der Waals surface area contributed by atoms with Gasteiger partial charge in [-0.2, -0.15) is 4.31 Å². The van der Waals surface area contributed by atoms with Crippen LogP contribution >= 0.6 is 22.7 Å². The predicted octanol–water partition coefficient (Wildman–Crippen LogP) is 2.32. The number of anilines is 1. The molecule has 0 unspecified atom stereocenters. The van der Waals surface area contributed by atoms with Gasteiger partial charge in [0.25, 0.3) is 15.9 Å². The van der Waals surface area contributed by atoms with Gasteiger partial charge in [-0.1, -0.05) is 6.07 Å². The predicted molar refractivity (Wildman–Crippen MR) is 102 cm³/mol. The molecular formula is C16H19N3O4S3. The van der Waals surface area contributed by atoms with Gasteiger partial charge in [0.05, 0.1) is 5.56 Å². The number of rotatable bonds is 5. The van der Waals surface area contributed by atoms with E-state index in [9.17, 15) is 18.0 Å². The van der Waals surface area contributed by atoms with Crippen molar-refractivity contribution in [1.82, 2.24) is 4.31 Å². The van der Waals surface area contributed by atoms with E-state index < -0.39 is 27.9 Å². The van der Waals surface area contributed by atoms with Gasteiger partial charge in [0.1, 0.15) is 15.3 Å². The summed E-state index contributed by atoms with van der Waals surface area (Å²) < 4.78 is 27.0. The summed E-state index contributed by atoms with van der Waals surface area (Å²) >= 11 is 2.39. The van der Waals surface area contributed by atoms with Crippen LogP contribution in [0, 0.1) is 13.8 Å². The number of nitrogens with two attached hydrogens (primary N) is 1. The zero-order valence-corrected chi connectivity index (χ0v) is 16.8. The summed E-state index contributed by atoms with van der Waals surface area (Å²) in [5, 5.41) is 4.78. The minimum atomic E-state index is -3.71. The van der Waals surface area contributed by atoms with Crippen LogP contribution in [0.1, 0.15) is 33.6 Å². The second-order valence-electron chi connectivity index (χ2n) is 6.05. The Morgan fingerprint density at radius 3 is 2.69 bits per heavy atom. The third kappa shape index (κ3) is 3.29. The molecule has 0 radical (unpaired) electrons. The maximum absolute atomic E-state index is 12.8. The molecular weight excluding hydrogens is 394 g/mol. The molecule has 3 N–H and O–H groups in total. The van der Waals surface area contributed by atoms with Crippen molar-refractivity contribution in [3.63, 3.8) is 0 Å². The van der Waals surface area contributed by atoms with E-state index in [0.717, 1.165) is 21.8 Å². The van der Waals surface area contributed by atoms with E-state index in [-0.39, 0.29) is 9.77 Å². The summed E-state index contributed by atoms with van der Waals surface area (Å²) in [6.07, 6.45) is 1.04. The van der Waals surface area contributed by atoms with Crippen LogP contribution < -0.4 is 11.1 Å². The Balaban J connectivity index is 1.86. The maximum Gasteiger partial charge on any atom is 0.253 e. The largest absolute Gasteiger partial charge is 0.365 e. The SMILES string of the molecule is Cc1sc(NC(=O)[C@@H]2CCCN2S(=O)(=O)c2cccs2)c(C(N)=O)c1C. The standard InChI is InChI=1S/C16H19N3O4S3/c1-9-10(2)25-16(13(9)14(17)20)18-15(21)11-5-3-7-19(11)26(22,23)12-6-4-8-24-12/h4,6,8,11H,3,5,7H2,1-2H3,(H2,17,20)(H,18,21)/t11-/m0/s1. The molecule has 1 aliphatic rings. The van der Waals surface area contributed by atoms with Crippen LogP contribution in [0.25, 0.3) is 0 Å². The number of thiophene rings is 2. The highest BCUT2D eigenvalue weighted by Gasteiger charge is 2.40. The minimum Gasteiger partial charge on any atom is -0.365 e. The molecule has 0 saturated carbocycles. The molecule has 2 aromatic heterocycles. The summed E-state index contributed by atoms with van der Waals surface area (Å²) in [5.41, 5.74) is 6.44. The molecule has 26 heavy (non-hydrogen) atoms. The quantitative estimate of drug-likeness (QED) is 0.784. The first-order valence-corrected chi connectivity index (χ1v) is 11.1. The molecule has 1 fully saturated rings. The van der Waals surface area contributed by atoms with Crippen molar-refractivity contribution in [3.05, 3.63) is 33.5 Å². The van der Waals surface area contributed by atoms with Crippen LogP contribution in [-0.4, -0.2) is 37.1 Å². The second kappa shape index (κ2) is 7.10. The summed E-state index contributed by atoms with van der Waals surface area (Å²) in [7, 11) is -3.71. The van der Waals surface area contributed by atoms with E-state index in [1.165, 1.54) is 21.7 Å². The first-order chi connectivity index (χ1) is 12.2. The van der Waals surface area contributed by atoms with Gasteiger partial charge in [-0.25, -0.2) is 8.42 Å². The van der Waals surface area contributed by atoms with Crippen LogP contribution in [0.15, 0.2) is 21.7 Å². The molecule has 2 aromatic rings. The van der Waals surface area contributed by atoms with Crippen molar-refractivity contribution >= 4 is 49.5 Å². The lowest BCUT2D eigenvalue weighted by molar-refractivity contribution is -0.119. The Kier molecular flexibility index (Phi) is 5.20. The monoisotopic (exact) mass is 413 g/mol. The number of carbonyl (C=O) groups is 2. The molecule has 2 amide bonds. The fourth-order valence-electron chi connectivity index (χ4n) is 3.02. The zero-order valence-electron chi connectivity index (χ0n) is 14.3. The highest BCUT2D eigenvalue weighted by molar-refractivity contribution is 7.91. The Bertz CT molecular complexity index is 948. The van der Waals surface area contributed by atoms with E-state index >= 15 is 0 Å². The molecule has 3 rings (SSSR count). The van der Waals surface area contributed by atoms with Crippen molar-refractivity contribution in [2.24, 2.45) is 5.73 Å². The summed E-state index contributed by atoms with van der Waals surface area (Å²) in [4.78, 5) is 25.4. The lowest BCUT2D eigenvalue weighted by atomic mass is 10.1. The molecule has 1 saturated heterocycles. The maximum atomic E-state index is 12.8. The van der Waals surface area contributed by atoms with Gasteiger partial charge in [0, 0.05) is 11.4 Å². The fraction of sp³-hybridized carbons (Fsp3) is 0.375. The van der Waals surface area contributed by atoms with Gasteiger partial charge < -0.3 is 11.1 Å². The van der Waals surface area contributed by atoms with Gasteiger partial charge in [-0.3, -0.25) is 9.59 Å². The van der Waals surface area contributed by atoms with E-state index in [1.807, 2.05) is 6.92 Å². The minimum absolute atomic E-state index is 0.220. The summed E-state index contributed by atoms with van der Waals surface area (Å²) in [5.74, 6) is -1.05. The van der Waals surface area contributed by atoms with Crippen molar-refractivity contribution in [1.29, 1.82) is 0 Å². The average molecular weight is 414 g/mol. The van der Waals surface area contributed by atoms with Gasteiger partial charge in [-0.15, -0.1) is 22.7 Å². The molecule has 0 bridgehead atoms. The number of nitrogens with one attached hydrogen (secondary N) is 1. The van der Waals surface area contributed by atoms with E-state index in [0.29, 0.717) is 24.4 Å². The number of hydrogen-bond acceptors (Lipinski definition) is 6. The van der Waals surface area contributed by atoms with E-state index in [1.54, 1.807) is 18.4 Å². The van der Waals surface area contributed by atoms with Crippen LogP contribution in [0.3, 0.4) is 0 Å². The van der Waals surface area contributed by atoms with Crippen molar-refractivity contribution in [2.45, 2.75) is 36.9 Å². The van der Waals surface area contributed by atoms with Gasteiger partial charge in [0.2, 0.25) is 5.91 Å². The van der Waals surface area contributed by atoms with Crippen LogP contribution in [-0.2, 0) is 14.8 Å². The highest BCUT2D eigenvalue weighted by Crippen LogP contribution is 2.34. The molecule has 3 heterocycles. The number of primary amides is 1. The summed E-state index contributed by atoms with van der Waals surface area (Å²) in [6.45, 7) is 3.90. The number of amides is 2. The van der Waals surface area contributed by atoms with Gasteiger partial charge >= 0.3 is 0 Å². The van der Waals surface area contributed by atoms with Crippen LogP contribution in [0.5, 0.6) is 0 Å². The Labute approximate surface area is 159 Å². The van der Waals surface area contributed by atoms with E-state index in [4.69, 9.17) is 5.73 Å². The number of aryl methyl sites for hydroxylation is 1. The number of hydrogen-bond donors (Lipinski definition) is 2.